The molecule has 0 bridgehead atoms. The normalized spacial score (nSPS) is 16.0. The summed E-state index contributed by atoms with van der Waals surface area (Å²) in [6.07, 6.45) is -4.74. The second kappa shape index (κ2) is 5.28. The van der Waals surface area contributed by atoms with Crippen molar-refractivity contribution in [3.63, 3.8) is 0 Å². The highest BCUT2D eigenvalue weighted by atomic mass is 32.1. The molecule has 1 aromatic carbocycles. The topological polar surface area (TPSA) is 32.8 Å². The van der Waals surface area contributed by atoms with E-state index in [0.29, 0.717) is 17.3 Å². The third-order valence-corrected chi connectivity index (χ3v) is 3.19. The molecule has 2 rings (SSSR count). The number of amides is 1. The molecule has 8 heteroatoms. The zero-order chi connectivity index (χ0) is 14.9. The highest BCUT2D eigenvalue weighted by molar-refractivity contribution is 7.80. The Labute approximate surface area is 118 Å². The van der Waals surface area contributed by atoms with Crippen LogP contribution in [0.4, 0.5) is 18.9 Å². The van der Waals surface area contributed by atoms with Gasteiger partial charge in [0.1, 0.15) is 5.75 Å². The average molecular weight is 304 g/mol. The van der Waals surface area contributed by atoms with Crippen molar-refractivity contribution < 1.29 is 22.7 Å². The van der Waals surface area contributed by atoms with E-state index >= 15 is 0 Å². The fourth-order valence-corrected chi connectivity index (χ4v) is 2.25. The van der Waals surface area contributed by atoms with Gasteiger partial charge in [0, 0.05) is 6.54 Å². The van der Waals surface area contributed by atoms with E-state index in [0.717, 1.165) is 12.1 Å². The molecule has 0 unspecified atom stereocenters. The minimum atomic E-state index is -4.74. The van der Waals surface area contributed by atoms with Crippen LogP contribution in [0.15, 0.2) is 24.3 Å². The van der Waals surface area contributed by atoms with Crippen LogP contribution in [0.25, 0.3) is 0 Å². The van der Waals surface area contributed by atoms with Gasteiger partial charge < -0.3 is 9.64 Å². The number of hydrogen-bond donors (Lipinski definition) is 0. The number of alkyl halides is 3. The minimum Gasteiger partial charge on any atom is -0.406 e. The maximum absolute atomic E-state index is 12.0. The van der Waals surface area contributed by atoms with E-state index in [-0.39, 0.29) is 18.2 Å². The molecule has 1 aliphatic rings. The summed E-state index contributed by atoms with van der Waals surface area (Å²) in [4.78, 5) is 14.9. The van der Waals surface area contributed by atoms with Crippen LogP contribution >= 0.6 is 12.2 Å². The number of anilines is 1. The summed E-state index contributed by atoms with van der Waals surface area (Å²) in [5, 5.41) is 0.349. The Morgan fingerprint density at radius 1 is 1.30 bits per heavy atom. The number of carbonyl (C=O) groups excluding carboxylic acids is 1. The van der Waals surface area contributed by atoms with Crippen LogP contribution in [-0.4, -0.2) is 35.4 Å². The highest BCUT2D eigenvalue weighted by Crippen LogP contribution is 2.27. The molecule has 1 heterocycles. The smallest absolute Gasteiger partial charge is 0.406 e. The van der Waals surface area contributed by atoms with Gasteiger partial charge in [-0.2, -0.15) is 0 Å². The van der Waals surface area contributed by atoms with Gasteiger partial charge in [-0.3, -0.25) is 9.69 Å². The lowest BCUT2D eigenvalue weighted by atomic mass is 10.3. The first kappa shape index (κ1) is 14.6. The number of rotatable bonds is 3. The number of benzene rings is 1. The lowest BCUT2D eigenvalue weighted by Crippen LogP contribution is -2.32. The third kappa shape index (κ3) is 3.01. The van der Waals surface area contributed by atoms with Crippen molar-refractivity contribution in [3.05, 3.63) is 24.3 Å². The van der Waals surface area contributed by atoms with Crippen LogP contribution in [0.5, 0.6) is 5.75 Å². The zero-order valence-corrected chi connectivity index (χ0v) is 11.3. The van der Waals surface area contributed by atoms with Gasteiger partial charge in [0.25, 0.3) is 5.91 Å². The number of hydrogen-bond acceptors (Lipinski definition) is 3. The molecule has 0 aromatic heterocycles. The molecule has 108 valence electrons. The van der Waals surface area contributed by atoms with Crippen LogP contribution in [0.1, 0.15) is 6.92 Å². The van der Waals surface area contributed by atoms with Gasteiger partial charge in [-0.15, -0.1) is 13.2 Å². The molecule has 1 saturated heterocycles. The van der Waals surface area contributed by atoms with Crippen LogP contribution in [0.3, 0.4) is 0 Å². The first-order chi connectivity index (χ1) is 9.31. The van der Waals surface area contributed by atoms with E-state index < -0.39 is 6.36 Å². The molecule has 0 atom stereocenters. The van der Waals surface area contributed by atoms with Crippen molar-refractivity contribution in [2.24, 2.45) is 0 Å². The maximum Gasteiger partial charge on any atom is 0.573 e. The lowest BCUT2D eigenvalue weighted by Gasteiger charge is -2.19. The van der Waals surface area contributed by atoms with Gasteiger partial charge in [0.05, 0.1) is 12.2 Å². The van der Waals surface area contributed by atoms with Crippen LogP contribution in [0.2, 0.25) is 0 Å². The molecule has 1 aromatic rings. The Morgan fingerprint density at radius 2 is 1.90 bits per heavy atom. The predicted octanol–water partition coefficient (Wildman–Crippen LogP) is 2.54. The molecule has 1 aliphatic heterocycles. The quantitative estimate of drug-likeness (QED) is 0.804. The van der Waals surface area contributed by atoms with Crippen molar-refractivity contribution in [1.82, 2.24) is 4.90 Å². The number of nitrogens with zero attached hydrogens (tertiary/aromatic N) is 2. The average Bonchev–Trinajstić information content (AvgIpc) is 2.64. The minimum absolute atomic E-state index is 0.177. The van der Waals surface area contributed by atoms with E-state index in [1.807, 2.05) is 6.92 Å². The second-order valence-electron chi connectivity index (χ2n) is 4.07. The summed E-state index contributed by atoms with van der Waals surface area (Å²) in [5.41, 5.74) is 0.422. The Balaban J connectivity index is 2.18. The molecule has 0 aliphatic carbocycles. The van der Waals surface area contributed by atoms with Crippen LogP contribution in [0, 0.1) is 0 Å². The molecule has 20 heavy (non-hydrogen) atoms. The lowest BCUT2D eigenvalue weighted by molar-refractivity contribution is -0.274. The van der Waals surface area contributed by atoms with Crippen LogP contribution in [-0.2, 0) is 4.79 Å². The van der Waals surface area contributed by atoms with Gasteiger partial charge >= 0.3 is 6.36 Å². The summed E-state index contributed by atoms with van der Waals surface area (Å²) in [7, 11) is 0. The number of halogens is 3. The summed E-state index contributed by atoms with van der Waals surface area (Å²) in [6, 6.07) is 5.02. The standard InChI is InChI=1S/C12H11F3N2O2S/c1-2-16-7-10(18)17(11(16)20)8-3-5-9(6-4-8)19-12(13,14)15/h3-6H,2,7H2,1H3. The third-order valence-electron chi connectivity index (χ3n) is 2.75. The molecule has 4 nitrogen and oxygen atoms in total. The van der Waals surface area contributed by atoms with Crippen LogP contribution < -0.4 is 9.64 Å². The monoisotopic (exact) mass is 304 g/mol. The first-order valence-corrected chi connectivity index (χ1v) is 6.20. The molecule has 1 amide bonds. The van der Waals surface area contributed by atoms with Crippen molar-refractivity contribution in [2.45, 2.75) is 13.3 Å². The zero-order valence-electron chi connectivity index (χ0n) is 10.5. The van der Waals surface area contributed by atoms with Gasteiger partial charge in [-0.25, -0.2) is 0 Å². The van der Waals surface area contributed by atoms with Gasteiger partial charge in [0.15, 0.2) is 5.11 Å². The van der Waals surface area contributed by atoms with Gasteiger partial charge in [0.2, 0.25) is 0 Å². The SMILES string of the molecule is CCN1CC(=O)N(c2ccc(OC(F)(F)F)cc2)C1=S. The number of likely N-dealkylation sites (N-methyl/N-ethyl adjacent to an activating group) is 1. The molecule has 0 spiro atoms. The Kier molecular flexibility index (Phi) is 3.85. The molecule has 1 fully saturated rings. The first-order valence-electron chi connectivity index (χ1n) is 5.79. The Bertz CT molecular complexity index is 530. The fourth-order valence-electron chi connectivity index (χ4n) is 1.85. The largest absolute Gasteiger partial charge is 0.573 e. The Morgan fingerprint density at radius 3 is 2.35 bits per heavy atom. The van der Waals surface area contributed by atoms with Gasteiger partial charge in [-0.05, 0) is 43.4 Å². The fraction of sp³-hybridized carbons (Fsp3) is 0.333. The summed E-state index contributed by atoms with van der Waals surface area (Å²) >= 11 is 5.16. The predicted molar refractivity (Wildman–Crippen MR) is 70.5 cm³/mol. The summed E-state index contributed by atoms with van der Waals surface area (Å²) in [6.45, 7) is 2.63. The van der Waals surface area contributed by atoms with Gasteiger partial charge in [-0.1, -0.05) is 0 Å². The number of thiocarbonyl (C=S) groups is 1. The van der Waals surface area contributed by atoms with E-state index in [1.165, 1.54) is 17.0 Å². The van der Waals surface area contributed by atoms with Crippen molar-refractivity contribution in [2.75, 3.05) is 18.0 Å². The van der Waals surface area contributed by atoms with E-state index in [9.17, 15) is 18.0 Å². The molecular formula is C12H11F3N2O2S. The molecular weight excluding hydrogens is 293 g/mol. The maximum atomic E-state index is 12.0. The van der Waals surface area contributed by atoms with Crippen molar-refractivity contribution in [3.8, 4) is 5.75 Å². The summed E-state index contributed by atoms with van der Waals surface area (Å²) < 4.78 is 39.9. The Hall–Kier alpha value is -1.83. The molecule has 0 N–H and O–H groups in total. The second-order valence-corrected chi connectivity index (χ2v) is 4.43. The highest BCUT2D eigenvalue weighted by Gasteiger charge is 2.33. The molecule has 0 radical (unpaired) electrons. The van der Waals surface area contributed by atoms with E-state index in [2.05, 4.69) is 4.74 Å². The van der Waals surface area contributed by atoms with Crippen molar-refractivity contribution >= 4 is 28.9 Å². The summed E-state index contributed by atoms with van der Waals surface area (Å²) in [5.74, 6) is -0.549. The van der Waals surface area contributed by atoms with Crippen molar-refractivity contribution in [1.29, 1.82) is 0 Å². The number of carbonyl (C=O) groups is 1. The molecule has 0 saturated carbocycles. The van der Waals surface area contributed by atoms with E-state index in [1.54, 1.807) is 4.90 Å². The number of ether oxygens (including phenoxy) is 1. The van der Waals surface area contributed by atoms with E-state index in [4.69, 9.17) is 12.2 Å².